The lowest BCUT2D eigenvalue weighted by Gasteiger charge is -2.55. The van der Waals surface area contributed by atoms with Gasteiger partial charge in [0.05, 0.1) is 6.10 Å². The van der Waals surface area contributed by atoms with Gasteiger partial charge in [0, 0.05) is 11.8 Å². The van der Waals surface area contributed by atoms with Gasteiger partial charge in [-0.2, -0.15) is 0 Å². The molecule has 0 bridgehead atoms. The SMILES string of the molecule is CC[C@]12CC(O)C3C4CCCC=C4CCC3C1CCC2=O. The number of carbonyl (C=O) groups is 1. The number of aliphatic hydroxyl groups is 1. The quantitative estimate of drug-likeness (QED) is 0.743. The van der Waals surface area contributed by atoms with Crippen LogP contribution in [0.25, 0.3) is 0 Å². The van der Waals surface area contributed by atoms with Crippen molar-refractivity contribution in [1.82, 2.24) is 0 Å². The van der Waals surface area contributed by atoms with Gasteiger partial charge in [0.2, 0.25) is 0 Å². The van der Waals surface area contributed by atoms with Crippen molar-refractivity contribution in [2.75, 3.05) is 0 Å². The van der Waals surface area contributed by atoms with Crippen LogP contribution in [0.2, 0.25) is 0 Å². The molecule has 0 aromatic carbocycles. The number of carbonyl (C=O) groups excluding carboxylic acids is 1. The fraction of sp³-hybridized carbons (Fsp3) is 0.842. The number of hydrogen-bond donors (Lipinski definition) is 1. The molecule has 2 nitrogen and oxygen atoms in total. The number of hydrogen-bond acceptors (Lipinski definition) is 2. The van der Waals surface area contributed by atoms with Gasteiger partial charge < -0.3 is 5.11 Å². The molecule has 116 valence electrons. The molecule has 0 amide bonds. The van der Waals surface area contributed by atoms with Crippen LogP contribution >= 0.6 is 0 Å². The van der Waals surface area contributed by atoms with E-state index in [0.717, 1.165) is 25.7 Å². The van der Waals surface area contributed by atoms with E-state index >= 15 is 0 Å². The molecule has 2 heteroatoms. The minimum absolute atomic E-state index is 0.170. The van der Waals surface area contributed by atoms with Gasteiger partial charge >= 0.3 is 0 Å². The Bertz CT molecular complexity index is 480. The van der Waals surface area contributed by atoms with Gasteiger partial charge in [0.1, 0.15) is 5.78 Å². The monoisotopic (exact) mass is 288 g/mol. The van der Waals surface area contributed by atoms with Crippen LogP contribution < -0.4 is 0 Å². The first kappa shape index (κ1) is 14.0. The molecular formula is C19H28O2. The second-order valence-electron chi connectivity index (χ2n) is 7.95. The van der Waals surface area contributed by atoms with E-state index in [-0.39, 0.29) is 11.5 Å². The van der Waals surface area contributed by atoms with Gasteiger partial charge in [-0.15, -0.1) is 0 Å². The van der Waals surface area contributed by atoms with E-state index in [4.69, 9.17) is 0 Å². The summed E-state index contributed by atoms with van der Waals surface area (Å²) in [6, 6.07) is 0. The highest BCUT2D eigenvalue weighted by Gasteiger charge is 2.60. The normalized spacial score (nSPS) is 49.1. The number of fused-ring (bicyclic) bond motifs is 5. The highest BCUT2D eigenvalue weighted by Crippen LogP contribution is 2.61. The van der Waals surface area contributed by atoms with Crippen LogP contribution in [-0.2, 0) is 4.79 Å². The molecule has 0 aromatic rings. The average molecular weight is 288 g/mol. The Morgan fingerprint density at radius 1 is 1.29 bits per heavy atom. The first-order valence-corrected chi connectivity index (χ1v) is 9.07. The van der Waals surface area contributed by atoms with Crippen LogP contribution in [0.15, 0.2) is 11.6 Å². The number of aliphatic hydroxyl groups excluding tert-OH is 1. The van der Waals surface area contributed by atoms with Crippen LogP contribution in [0, 0.1) is 29.1 Å². The molecule has 0 saturated heterocycles. The molecule has 4 rings (SSSR count). The third kappa shape index (κ3) is 1.84. The van der Waals surface area contributed by atoms with Gasteiger partial charge in [-0.1, -0.05) is 18.6 Å². The largest absolute Gasteiger partial charge is 0.393 e. The molecular weight excluding hydrogens is 260 g/mol. The molecule has 0 radical (unpaired) electrons. The van der Waals surface area contributed by atoms with Crippen LogP contribution in [-0.4, -0.2) is 17.0 Å². The third-order valence-electron chi connectivity index (χ3n) is 7.44. The second-order valence-corrected chi connectivity index (χ2v) is 7.95. The van der Waals surface area contributed by atoms with E-state index in [1.54, 1.807) is 5.57 Å². The Balaban J connectivity index is 1.70. The standard InChI is InChI=1S/C19H28O2/c1-2-19-11-16(20)18-13-6-4-3-5-12(13)7-8-14(18)15(19)9-10-17(19)21/h5,13-16,18,20H,2-4,6-11H2,1H3/t13?,14?,15?,16?,18?,19-/m0/s1. The van der Waals surface area contributed by atoms with Crippen LogP contribution in [0.1, 0.15) is 64.7 Å². The summed E-state index contributed by atoms with van der Waals surface area (Å²) in [7, 11) is 0. The summed E-state index contributed by atoms with van der Waals surface area (Å²) < 4.78 is 0. The number of allylic oxidation sites excluding steroid dienone is 2. The molecule has 0 heterocycles. The predicted molar refractivity (Wildman–Crippen MR) is 82.7 cm³/mol. The Hall–Kier alpha value is -0.630. The number of ketones is 1. The molecule has 0 aliphatic heterocycles. The molecule has 21 heavy (non-hydrogen) atoms. The molecule has 3 saturated carbocycles. The number of rotatable bonds is 1. The summed E-state index contributed by atoms with van der Waals surface area (Å²) in [5, 5.41) is 10.9. The van der Waals surface area contributed by atoms with Crippen molar-refractivity contribution < 1.29 is 9.90 Å². The van der Waals surface area contributed by atoms with Crippen LogP contribution in [0.5, 0.6) is 0 Å². The summed E-state index contributed by atoms with van der Waals surface area (Å²) in [6.07, 6.45) is 12.0. The van der Waals surface area contributed by atoms with E-state index < -0.39 is 0 Å². The Kier molecular flexibility index (Phi) is 3.29. The Morgan fingerprint density at radius 3 is 2.95 bits per heavy atom. The first-order chi connectivity index (χ1) is 10.2. The predicted octanol–water partition coefficient (Wildman–Crippen LogP) is 3.88. The van der Waals surface area contributed by atoms with Crippen molar-refractivity contribution in [1.29, 1.82) is 0 Å². The topological polar surface area (TPSA) is 37.3 Å². The summed E-state index contributed by atoms with van der Waals surface area (Å²) in [5.41, 5.74) is 1.46. The lowest BCUT2D eigenvalue weighted by atomic mass is 9.50. The van der Waals surface area contributed by atoms with Crippen LogP contribution in [0.3, 0.4) is 0 Å². The molecule has 5 unspecified atom stereocenters. The zero-order valence-electron chi connectivity index (χ0n) is 13.2. The van der Waals surface area contributed by atoms with Crippen molar-refractivity contribution in [3.63, 3.8) is 0 Å². The smallest absolute Gasteiger partial charge is 0.139 e. The maximum absolute atomic E-state index is 12.5. The van der Waals surface area contributed by atoms with E-state index in [0.29, 0.717) is 29.5 Å². The summed E-state index contributed by atoms with van der Waals surface area (Å²) in [4.78, 5) is 12.5. The van der Waals surface area contributed by atoms with E-state index in [1.807, 2.05) is 0 Å². The van der Waals surface area contributed by atoms with Gasteiger partial charge in [0.15, 0.2) is 0 Å². The second kappa shape index (κ2) is 4.94. The number of Topliss-reactive ketones (excluding diaryl/α,β-unsaturated/α-hetero) is 1. The molecule has 6 atom stereocenters. The van der Waals surface area contributed by atoms with Gasteiger partial charge in [0.25, 0.3) is 0 Å². The zero-order chi connectivity index (χ0) is 14.6. The van der Waals surface area contributed by atoms with E-state index in [9.17, 15) is 9.90 Å². The van der Waals surface area contributed by atoms with Crippen molar-refractivity contribution in [3.05, 3.63) is 11.6 Å². The Morgan fingerprint density at radius 2 is 2.14 bits per heavy atom. The molecule has 0 aromatic heterocycles. The highest BCUT2D eigenvalue weighted by molar-refractivity contribution is 5.87. The highest BCUT2D eigenvalue weighted by atomic mass is 16.3. The molecule has 4 aliphatic carbocycles. The van der Waals surface area contributed by atoms with Gasteiger partial charge in [-0.25, -0.2) is 0 Å². The average Bonchev–Trinajstić information content (AvgIpc) is 2.84. The third-order valence-corrected chi connectivity index (χ3v) is 7.44. The lowest BCUT2D eigenvalue weighted by molar-refractivity contribution is -0.143. The molecule has 3 fully saturated rings. The molecule has 0 spiro atoms. The summed E-state index contributed by atoms with van der Waals surface area (Å²) in [5.74, 6) is 2.68. The van der Waals surface area contributed by atoms with Crippen molar-refractivity contribution >= 4 is 5.78 Å². The molecule has 1 N–H and O–H groups in total. The fourth-order valence-corrected chi connectivity index (χ4v) is 6.56. The lowest BCUT2D eigenvalue weighted by Crippen LogP contribution is -2.53. The van der Waals surface area contributed by atoms with E-state index in [2.05, 4.69) is 13.0 Å². The summed E-state index contributed by atoms with van der Waals surface area (Å²) >= 11 is 0. The summed E-state index contributed by atoms with van der Waals surface area (Å²) in [6.45, 7) is 2.16. The maximum atomic E-state index is 12.5. The molecule has 4 aliphatic rings. The van der Waals surface area contributed by atoms with Crippen molar-refractivity contribution in [3.8, 4) is 0 Å². The maximum Gasteiger partial charge on any atom is 0.139 e. The fourth-order valence-electron chi connectivity index (χ4n) is 6.56. The minimum atomic E-state index is -0.250. The van der Waals surface area contributed by atoms with Gasteiger partial charge in [-0.05, 0) is 75.0 Å². The van der Waals surface area contributed by atoms with Crippen molar-refractivity contribution in [2.24, 2.45) is 29.1 Å². The van der Waals surface area contributed by atoms with Crippen molar-refractivity contribution in [2.45, 2.75) is 70.8 Å². The zero-order valence-corrected chi connectivity index (χ0v) is 13.2. The van der Waals surface area contributed by atoms with Crippen LogP contribution in [0.4, 0.5) is 0 Å². The first-order valence-electron chi connectivity index (χ1n) is 9.07. The van der Waals surface area contributed by atoms with Gasteiger partial charge in [-0.3, -0.25) is 4.79 Å². The minimum Gasteiger partial charge on any atom is -0.393 e. The Labute approximate surface area is 128 Å². The van der Waals surface area contributed by atoms with E-state index in [1.165, 1.54) is 32.1 Å².